The Bertz CT molecular complexity index is 612. The summed E-state index contributed by atoms with van der Waals surface area (Å²) in [6.45, 7) is 1.94. The van der Waals surface area contributed by atoms with Gasteiger partial charge < -0.3 is 14.6 Å². The molecule has 0 aromatic heterocycles. The third kappa shape index (κ3) is 2.83. The summed E-state index contributed by atoms with van der Waals surface area (Å²) in [6.07, 6.45) is -11.5. The number of aliphatic hydroxyl groups is 1. The molecule has 1 aliphatic rings. The van der Waals surface area contributed by atoms with Gasteiger partial charge in [-0.1, -0.05) is 19.1 Å². The summed E-state index contributed by atoms with van der Waals surface area (Å²) >= 11 is 0. The van der Waals surface area contributed by atoms with Crippen molar-refractivity contribution in [2.75, 3.05) is 7.11 Å². The van der Waals surface area contributed by atoms with E-state index in [1.54, 1.807) is 0 Å². The van der Waals surface area contributed by atoms with E-state index in [1.807, 2.05) is 0 Å². The largest absolute Gasteiger partial charge is 0.496 e. The summed E-state index contributed by atoms with van der Waals surface area (Å²) in [7, 11) is 0.990. The molecule has 4 unspecified atom stereocenters. The van der Waals surface area contributed by atoms with Crippen LogP contribution < -0.4 is 4.74 Å². The molecule has 1 saturated heterocycles. The molecule has 1 aromatic rings. The lowest BCUT2D eigenvalue weighted by atomic mass is 9.78. The van der Waals surface area contributed by atoms with E-state index in [0.29, 0.717) is 0 Å². The Morgan fingerprint density at radius 3 is 2.17 bits per heavy atom. The van der Waals surface area contributed by atoms with E-state index in [0.717, 1.165) is 26.2 Å². The Morgan fingerprint density at radius 2 is 1.75 bits per heavy atom. The molecule has 24 heavy (non-hydrogen) atoms. The first-order valence-corrected chi connectivity index (χ1v) is 7.01. The number of hydrogen-bond donors (Lipinski definition) is 1. The highest BCUT2D eigenvalue weighted by atomic mass is 19.4. The molecule has 1 N–H and O–H groups in total. The van der Waals surface area contributed by atoms with Crippen LogP contribution in [0.3, 0.4) is 0 Å². The summed E-state index contributed by atoms with van der Waals surface area (Å²) in [4.78, 5) is 0. The number of aliphatic hydroxyl groups excluding tert-OH is 1. The molecule has 0 spiro atoms. The molecule has 0 radical (unpaired) electrons. The maximum Gasteiger partial charge on any atom is 0.419 e. The molecule has 9 heteroatoms. The van der Waals surface area contributed by atoms with Crippen LogP contribution in [0.15, 0.2) is 18.2 Å². The number of halogens is 6. The van der Waals surface area contributed by atoms with Crippen molar-refractivity contribution in [3.8, 4) is 5.75 Å². The van der Waals surface area contributed by atoms with Crippen molar-refractivity contribution in [2.24, 2.45) is 5.92 Å². The first kappa shape index (κ1) is 18.9. The summed E-state index contributed by atoms with van der Waals surface area (Å²) < 4.78 is 88.5. The van der Waals surface area contributed by atoms with Crippen molar-refractivity contribution >= 4 is 0 Å². The molecule has 1 heterocycles. The SMILES string of the molecule is COc1c(C2C(O)OC(C)(C(F)(F)F)C2C)cccc1C(F)(F)F. The average molecular weight is 358 g/mol. The van der Waals surface area contributed by atoms with Gasteiger partial charge in [0.25, 0.3) is 0 Å². The molecule has 1 aliphatic heterocycles. The van der Waals surface area contributed by atoms with Crippen LogP contribution in [0.25, 0.3) is 0 Å². The van der Waals surface area contributed by atoms with Gasteiger partial charge in [-0.2, -0.15) is 26.3 Å². The maximum absolute atomic E-state index is 13.3. The van der Waals surface area contributed by atoms with Gasteiger partial charge in [0.1, 0.15) is 5.75 Å². The Morgan fingerprint density at radius 1 is 1.17 bits per heavy atom. The van der Waals surface area contributed by atoms with Crippen LogP contribution in [-0.4, -0.2) is 30.3 Å². The van der Waals surface area contributed by atoms with E-state index >= 15 is 0 Å². The van der Waals surface area contributed by atoms with Crippen molar-refractivity contribution in [1.29, 1.82) is 0 Å². The van der Waals surface area contributed by atoms with Gasteiger partial charge in [0, 0.05) is 17.4 Å². The van der Waals surface area contributed by atoms with Gasteiger partial charge in [0.2, 0.25) is 0 Å². The zero-order chi connectivity index (χ0) is 18.5. The molecule has 0 aliphatic carbocycles. The van der Waals surface area contributed by atoms with Gasteiger partial charge in [0.15, 0.2) is 11.9 Å². The fourth-order valence-electron chi connectivity index (χ4n) is 3.04. The number of alkyl halides is 6. The lowest BCUT2D eigenvalue weighted by molar-refractivity contribution is -0.291. The fraction of sp³-hybridized carbons (Fsp3) is 0.600. The van der Waals surface area contributed by atoms with Crippen molar-refractivity contribution in [2.45, 2.75) is 44.0 Å². The van der Waals surface area contributed by atoms with Gasteiger partial charge in [-0.15, -0.1) is 0 Å². The molecular formula is C15H16F6O3. The molecule has 0 amide bonds. The van der Waals surface area contributed by atoms with Crippen LogP contribution >= 0.6 is 0 Å². The average Bonchev–Trinajstić information content (AvgIpc) is 2.67. The Labute approximate surface area is 134 Å². The number of methoxy groups -OCH3 is 1. The Balaban J connectivity index is 2.57. The van der Waals surface area contributed by atoms with Crippen LogP contribution in [0.4, 0.5) is 26.3 Å². The standard InChI is InChI=1S/C15H16F6O3/c1-7-10(12(22)24-13(7,2)15(19,20)21)8-5-4-6-9(11(8)23-3)14(16,17)18/h4-7,10,12,22H,1-3H3. The number of ether oxygens (including phenoxy) is 2. The molecule has 0 bridgehead atoms. The van der Waals surface area contributed by atoms with E-state index < -0.39 is 47.4 Å². The number of para-hydroxylation sites is 1. The lowest BCUT2D eigenvalue weighted by Gasteiger charge is -2.31. The van der Waals surface area contributed by atoms with Crippen LogP contribution in [0.1, 0.15) is 30.9 Å². The normalized spacial score (nSPS) is 31.3. The van der Waals surface area contributed by atoms with Crippen molar-refractivity contribution in [3.63, 3.8) is 0 Å². The highest BCUT2D eigenvalue weighted by molar-refractivity contribution is 5.46. The second kappa shape index (κ2) is 5.80. The molecule has 2 rings (SSSR count). The van der Waals surface area contributed by atoms with Gasteiger partial charge in [-0.25, -0.2) is 0 Å². The monoisotopic (exact) mass is 358 g/mol. The lowest BCUT2D eigenvalue weighted by Crippen LogP contribution is -2.46. The molecule has 3 nitrogen and oxygen atoms in total. The summed E-state index contributed by atoms with van der Waals surface area (Å²) in [6, 6.07) is 3.02. The quantitative estimate of drug-likeness (QED) is 0.809. The summed E-state index contributed by atoms with van der Waals surface area (Å²) in [5, 5.41) is 9.97. The van der Waals surface area contributed by atoms with Crippen molar-refractivity contribution in [3.05, 3.63) is 29.3 Å². The minimum atomic E-state index is -4.79. The third-order valence-corrected chi connectivity index (χ3v) is 4.56. The first-order valence-electron chi connectivity index (χ1n) is 7.01. The molecule has 1 fully saturated rings. The van der Waals surface area contributed by atoms with E-state index in [9.17, 15) is 31.4 Å². The maximum atomic E-state index is 13.3. The van der Waals surface area contributed by atoms with E-state index in [2.05, 4.69) is 0 Å². The number of hydrogen-bond acceptors (Lipinski definition) is 3. The molecule has 4 atom stereocenters. The van der Waals surface area contributed by atoms with Gasteiger partial charge in [-0.05, 0) is 13.0 Å². The molecule has 136 valence electrons. The Kier molecular flexibility index (Phi) is 4.56. The minimum Gasteiger partial charge on any atom is -0.496 e. The first-order chi connectivity index (χ1) is 10.8. The molecule has 0 saturated carbocycles. The zero-order valence-electron chi connectivity index (χ0n) is 13.0. The highest BCUT2D eigenvalue weighted by Gasteiger charge is 2.64. The van der Waals surface area contributed by atoms with Gasteiger partial charge >= 0.3 is 12.4 Å². The molecular weight excluding hydrogens is 342 g/mol. The third-order valence-electron chi connectivity index (χ3n) is 4.56. The van der Waals surface area contributed by atoms with Crippen molar-refractivity contribution < 1.29 is 40.9 Å². The predicted molar refractivity (Wildman–Crippen MR) is 71.5 cm³/mol. The second-order valence-electron chi connectivity index (χ2n) is 5.85. The van der Waals surface area contributed by atoms with Crippen LogP contribution in [-0.2, 0) is 10.9 Å². The van der Waals surface area contributed by atoms with Crippen LogP contribution in [0.5, 0.6) is 5.75 Å². The molecule has 1 aromatic carbocycles. The predicted octanol–water partition coefficient (Wildman–Crippen LogP) is 4.10. The van der Waals surface area contributed by atoms with Crippen LogP contribution in [0, 0.1) is 5.92 Å². The van der Waals surface area contributed by atoms with E-state index in [1.165, 1.54) is 13.0 Å². The number of benzene rings is 1. The van der Waals surface area contributed by atoms with Crippen LogP contribution in [0.2, 0.25) is 0 Å². The van der Waals surface area contributed by atoms with Gasteiger partial charge in [-0.3, -0.25) is 0 Å². The number of rotatable bonds is 2. The van der Waals surface area contributed by atoms with Crippen molar-refractivity contribution in [1.82, 2.24) is 0 Å². The Hall–Kier alpha value is -1.48. The van der Waals surface area contributed by atoms with Gasteiger partial charge in [0.05, 0.1) is 12.7 Å². The topological polar surface area (TPSA) is 38.7 Å². The van der Waals surface area contributed by atoms with E-state index in [4.69, 9.17) is 9.47 Å². The summed E-state index contributed by atoms with van der Waals surface area (Å²) in [5.41, 5.74) is -3.99. The summed E-state index contributed by atoms with van der Waals surface area (Å²) in [5.74, 6) is -3.27. The van der Waals surface area contributed by atoms with E-state index in [-0.39, 0.29) is 5.56 Å². The highest BCUT2D eigenvalue weighted by Crippen LogP contribution is 2.54. The smallest absolute Gasteiger partial charge is 0.419 e. The second-order valence-corrected chi connectivity index (χ2v) is 5.85. The fourth-order valence-corrected chi connectivity index (χ4v) is 3.04. The zero-order valence-corrected chi connectivity index (χ0v) is 13.0. The minimum absolute atomic E-state index is 0.180.